The molecule has 0 radical (unpaired) electrons. The largest absolute Gasteiger partial charge is 0.459 e. The number of aryl methyl sites for hydroxylation is 1. The number of nitrogens with one attached hydrogen (secondary N) is 1. The fourth-order valence-electron chi connectivity index (χ4n) is 2.94. The molecule has 2 heterocycles. The van der Waals surface area contributed by atoms with Crippen molar-refractivity contribution in [1.29, 1.82) is 0 Å². The second-order valence-corrected chi connectivity index (χ2v) is 9.26. The predicted molar refractivity (Wildman–Crippen MR) is 115 cm³/mol. The van der Waals surface area contributed by atoms with Gasteiger partial charge in [-0.3, -0.25) is 14.5 Å². The van der Waals surface area contributed by atoms with Crippen LogP contribution in [0.15, 0.2) is 63.8 Å². The Morgan fingerprint density at radius 2 is 1.93 bits per heavy atom. The van der Waals surface area contributed by atoms with Crippen molar-refractivity contribution >= 4 is 33.2 Å². The highest BCUT2D eigenvalue weighted by molar-refractivity contribution is 7.90. The van der Waals surface area contributed by atoms with Crippen LogP contribution >= 0.6 is 11.3 Å². The van der Waals surface area contributed by atoms with Crippen molar-refractivity contribution in [3.05, 3.63) is 70.7 Å². The summed E-state index contributed by atoms with van der Waals surface area (Å²) in [4.78, 5) is 20.9. The average Bonchev–Trinajstić information content (AvgIpc) is 3.30. The molecule has 9 heteroatoms. The number of ether oxygens (including phenoxy) is 1. The molecule has 3 aromatic rings. The highest BCUT2D eigenvalue weighted by atomic mass is 32.2. The molecule has 0 fully saturated rings. The van der Waals surface area contributed by atoms with E-state index in [4.69, 9.17) is 4.74 Å². The van der Waals surface area contributed by atoms with Gasteiger partial charge in [0.25, 0.3) is 10.0 Å². The van der Waals surface area contributed by atoms with E-state index in [1.165, 1.54) is 23.0 Å². The number of thiazole rings is 1. The molecule has 0 saturated heterocycles. The van der Waals surface area contributed by atoms with E-state index in [9.17, 15) is 13.2 Å². The van der Waals surface area contributed by atoms with Crippen LogP contribution in [-0.4, -0.2) is 31.8 Å². The number of rotatable bonds is 6. The van der Waals surface area contributed by atoms with E-state index < -0.39 is 16.0 Å². The van der Waals surface area contributed by atoms with Gasteiger partial charge in [-0.15, -0.1) is 11.3 Å². The number of hydrogen-bond donors (Lipinski definition) is 1. The van der Waals surface area contributed by atoms with Gasteiger partial charge in [-0.1, -0.05) is 42.0 Å². The number of esters is 1. The first-order chi connectivity index (χ1) is 14.4. The lowest BCUT2D eigenvalue weighted by atomic mass is 10.2. The van der Waals surface area contributed by atoms with E-state index in [2.05, 4.69) is 14.7 Å². The monoisotopic (exact) mass is 441 g/mol. The number of benzene rings is 2. The Labute approximate surface area is 178 Å². The lowest BCUT2D eigenvalue weighted by Gasteiger charge is -2.02. The number of amidine groups is 1. The second kappa shape index (κ2) is 8.37. The number of nitrogens with zero attached hydrogens (tertiary/aromatic N) is 2. The number of aliphatic imine (C=N–C) groups is 1. The normalized spacial score (nSPS) is 15.6. The summed E-state index contributed by atoms with van der Waals surface area (Å²) in [7, 11) is -3.58. The lowest BCUT2D eigenvalue weighted by Crippen LogP contribution is -2.22. The number of fused-ring (bicyclic) bond motifs is 1. The summed E-state index contributed by atoms with van der Waals surface area (Å²) in [6.07, 6.45) is 0.0440. The smallest absolute Gasteiger partial charge is 0.308 e. The standard InChI is InChI=1S/C21H19N3O4S2/c1-14-6-8-15(9-7-14)21-23-16(13-29-21)12-28-19(25)10-11-22-20-17-4-2-3-5-18(17)30(26,27)24-20/h2-9,13H,10-12H2,1H3,(H,22,24). The second-order valence-electron chi connectivity index (χ2n) is 6.75. The molecule has 2 aromatic carbocycles. The van der Waals surface area contributed by atoms with E-state index in [-0.39, 0.29) is 30.3 Å². The quantitative estimate of drug-likeness (QED) is 0.592. The summed E-state index contributed by atoms with van der Waals surface area (Å²) < 4.78 is 31.8. The molecular formula is C21H19N3O4S2. The maximum atomic E-state index is 12.1. The van der Waals surface area contributed by atoms with Gasteiger partial charge in [0.15, 0.2) is 0 Å². The van der Waals surface area contributed by atoms with Gasteiger partial charge >= 0.3 is 5.97 Å². The van der Waals surface area contributed by atoms with Crippen molar-refractivity contribution in [1.82, 2.24) is 9.71 Å². The third kappa shape index (κ3) is 4.42. The van der Waals surface area contributed by atoms with Gasteiger partial charge in [0.05, 0.1) is 23.6 Å². The molecule has 30 heavy (non-hydrogen) atoms. The summed E-state index contributed by atoms with van der Waals surface area (Å²) >= 11 is 1.50. The maximum absolute atomic E-state index is 12.1. The molecule has 1 aliphatic heterocycles. The molecule has 0 amide bonds. The third-order valence-corrected chi connectivity index (χ3v) is 6.82. The maximum Gasteiger partial charge on any atom is 0.308 e. The number of sulfonamides is 1. The molecule has 1 N–H and O–H groups in total. The van der Waals surface area contributed by atoms with Crippen LogP contribution in [0.1, 0.15) is 23.2 Å². The highest BCUT2D eigenvalue weighted by Crippen LogP contribution is 2.24. The van der Waals surface area contributed by atoms with Gasteiger partial charge in [0.2, 0.25) is 0 Å². The van der Waals surface area contributed by atoms with Crippen molar-refractivity contribution < 1.29 is 17.9 Å². The van der Waals surface area contributed by atoms with E-state index in [1.54, 1.807) is 18.2 Å². The van der Waals surface area contributed by atoms with Crippen molar-refractivity contribution in [2.75, 3.05) is 6.54 Å². The Morgan fingerprint density at radius 1 is 1.17 bits per heavy atom. The summed E-state index contributed by atoms with van der Waals surface area (Å²) in [6.45, 7) is 2.24. The average molecular weight is 442 g/mol. The minimum atomic E-state index is -3.58. The first-order valence-corrected chi connectivity index (χ1v) is 11.6. The molecule has 1 aromatic heterocycles. The van der Waals surface area contributed by atoms with Crippen molar-refractivity contribution in [2.24, 2.45) is 4.99 Å². The SMILES string of the molecule is Cc1ccc(-c2nc(COC(=O)CCN=C3NS(=O)(=O)c4ccccc43)cs2)cc1. The van der Waals surface area contributed by atoms with Crippen LogP contribution in [0.4, 0.5) is 0 Å². The molecular weight excluding hydrogens is 422 g/mol. The molecule has 4 rings (SSSR count). The van der Waals surface area contributed by atoms with Crippen LogP contribution in [0.5, 0.6) is 0 Å². The van der Waals surface area contributed by atoms with E-state index >= 15 is 0 Å². The van der Waals surface area contributed by atoms with Crippen LogP contribution in [-0.2, 0) is 26.2 Å². The van der Waals surface area contributed by atoms with E-state index in [0.29, 0.717) is 11.3 Å². The zero-order valence-electron chi connectivity index (χ0n) is 16.2. The van der Waals surface area contributed by atoms with Crippen LogP contribution in [0.3, 0.4) is 0 Å². The molecule has 0 spiro atoms. The highest BCUT2D eigenvalue weighted by Gasteiger charge is 2.29. The Hall–Kier alpha value is -3.04. The summed E-state index contributed by atoms with van der Waals surface area (Å²) in [5.41, 5.74) is 3.41. The van der Waals surface area contributed by atoms with Gasteiger partial charge in [-0.05, 0) is 19.1 Å². The van der Waals surface area contributed by atoms with Gasteiger partial charge < -0.3 is 4.74 Å². The Bertz CT molecular complexity index is 1220. The summed E-state index contributed by atoms with van der Waals surface area (Å²) in [6, 6.07) is 14.7. The van der Waals surface area contributed by atoms with Gasteiger partial charge in [0.1, 0.15) is 17.5 Å². The summed E-state index contributed by atoms with van der Waals surface area (Å²) in [5.74, 6) is -0.168. The minimum absolute atomic E-state index is 0.0440. The van der Waals surface area contributed by atoms with Crippen LogP contribution in [0.2, 0.25) is 0 Å². The number of carbonyl (C=O) groups excluding carboxylic acids is 1. The molecule has 0 atom stereocenters. The molecule has 0 saturated carbocycles. The Morgan fingerprint density at radius 3 is 2.73 bits per heavy atom. The predicted octanol–water partition coefficient (Wildman–Crippen LogP) is 3.29. The Balaban J connectivity index is 1.30. The molecule has 0 unspecified atom stereocenters. The van der Waals surface area contributed by atoms with Crippen molar-refractivity contribution in [3.8, 4) is 10.6 Å². The van der Waals surface area contributed by atoms with Crippen LogP contribution < -0.4 is 4.72 Å². The Kier molecular flexibility index (Phi) is 5.65. The van der Waals surface area contributed by atoms with Crippen LogP contribution in [0.25, 0.3) is 10.6 Å². The van der Waals surface area contributed by atoms with Crippen LogP contribution in [0, 0.1) is 6.92 Å². The first-order valence-electron chi connectivity index (χ1n) is 9.26. The fourth-order valence-corrected chi connectivity index (χ4v) is 5.00. The number of aromatic nitrogens is 1. The number of hydrogen-bond acceptors (Lipinski definition) is 7. The first kappa shape index (κ1) is 20.2. The molecule has 154 valence electrons. The third-order valence-electron chi connectivity index (χ3n) is 4.48. The topological polar surface area (TPSA) is 97.7 Å². The summed E-state index contributed by atoms with van der Waals surface area (Å²) in [5, 5.41) is 2.74. The molecule has 0 bridgehead atoms. The van der Waals surface area contributed by atoms with E-state index in [1.807, 2.05) is 36.6 Å². The van der Waals surface area contributed by atoms with Gasteiger partial charge in [0, 0.05) is 16.5 Å². The number of carbonyl (C=O) groups is 1. The minimum Gasteiger partial charge on any atom is -0.459 e. The fraction of sp³-hybridized carbons (Fsp3) is 0.190. The molecule has 1 aliphatic rings. The molecule has 7 nitrogen and oxygen atoms in total. The van der Waals surface area contributed by atoms with Gasteiger partial charge in [-0.2, -0.15) is 0 Å². The van der Waals surface area contributed by atoms with Crippen molar-refractivity contribution in [3.63, 3.8) is 0 Å². The molecule has 0 aliphatic carbocycles. The lowest BCUT2D eigenvalue weighted by molar-refractivity contribution is -0.144. The zero-order chi connectivity index (χ0) is 21.1. The zero-order valence-corrected chi connectivity index (χ0v) is 17.8. The van der Waals surface area contributed by atoms with Gasteiger partial charge in [-0.25, -0.2) is 13.4 Å². The van der Waals surface area contributed by atoms with Crippen molar-refractivity contribution in [2.45, 2.75) is 24.8 Å². The van der Waals surface area contributed by atoms with E-state index in [0.717, 1.165) is 10.6 Å².